The van der Waals surface area contributed by atoms with Crippen LogP contribution in [-0.2, 0) is 11.2 Å². The molecule has 1 unspecified atom stereocenters. The number of rotatable bonds is 0. The SMILES string of the molecule is NC1=NS(=O)NC2=CCCC(F)=C21. The van der Waals surface area contributed by atoms with Crippen molar-refractivity contribution < 1.29 is 8.60 Å². The monoisotopic (exact) mass is 201 g/mol. The minimum atomic E-state index is -1.56. The summed E-state index contributed by atoms with van der Waals surface area (Å²) < 4.78 is 30.3. The van der Waals surface area contributed by atoms with Crippen LogP contribution >= 0.6 is 0 Å². The number of nitrogens with zero attached hydrogens (tertiary/aromatic N) is 1. The van der Waals surface area contributed by atoms with Gasteiger partial charge in [-0.05, 0) is 6.42 Å². The van der Waals surface area contributed by atoms with Crippen molar-refractivity contribution in [1.82, 2.24) is 4.72 Å². The molecular weight excluding hydrogens is 193 g/mol. The van der Waals surface area contributed by atoms with Gasteiger partial charge >= 0.3 is 0 Å². The van der Waals surface area contributed by atoms with Crippen LogP contribution in [0.25, 0.3) is 0 Å². The molecule has 0 aromatic heterocycles. The minimum absolute atomic E-state index is 0.0144. The van der Waals surface area contributed by atoms with Gasteiger partial charge in [-0.3, -0.25) is 4.72 Å². The topological polar surface area (TPSA) is 67.5 Å². The summed E-state index contributed by atoms with van der Waals surface area (Å²) in [6.45, 7) is 0. The van der Waals surface area contributed by atoms with E-state index in [4.69, 9.17) is 5.73 Å². The first-order valence-corrected chi connectivity index (χ1v) is 4.91. The first kappa shape index (κ1) is 8.43. The number of allylic oxidation sites excluding steroid dienone is 2. The minimum Gasteiger partial charge on any atom is -0.382 e. The molecule has 0 fully saturated rings. The predicted molar refractivity (Wildman–Crippen MR) is 48.4 cm³/mol. The molecule has 6 heteroatoms. The van der Waals surface area contributed by atoms with Gasteiger partial charge in [0, 0.05) is 6.42 Å². The lowest BCUT2D eigenvalue weighted by molar-refractivity contribution is 0.577. The fourth-order valence-corrected chi connectivity index (χ4v) is 2.03. The highest BCUT2D eigenvalue weighted by molar-refractivity contribution is 7.82. The quantitative estimate of drug-likeness (QED) is 0.596. The zero-order valence-corrected chi connectivity index (χ0v) is 7.53. The van der Waals surface area contributed by atoms with Gasteiger partial charge in [0.1, 0.15) is 11.7 Å². The third-order valence-corrected chi connectivity index (χ3v) is 2.64. The van der Waals surface area contributed by atoms with E-state index in [9.17, 15) is 8.60 Å². The second-order valence-corrected chi connectivity index (χ2v) is 3.65. The van der Waals surface area contributed by atoms with Crippen LogP contribution in [0, 0.1) is 0 Å². The Morgan fingerprint density at radius 1 is 1.69 bits per heavy atom. The normalized spacial score (nSPS) is 27.3. The molecule has 0 bridgehead atoms. The maximum absolute atomic E-state index is 13.2. The number of amidine groups is 1. The first-order valence-electron chi connectivity index (χ1n) is 3.81. The molecule has 0 aromatic carbocycles. The summed E-state index contributed by atoms with van der Waals surface area (Å²) >= 11 is -1.56. The maximum atomic E-state index is 13.2. The predicted octanol–water partition coefficient (Wildman–Crippen LogP) is 0.427. The lowest BCUT2D eigenvalue weighted by atomic mass is 10.0. The molecule has 0 spiro atoms. The van der Waals surface area contributed by atoms with E-state index in [0.717, 1.165) is 0 Å². The largest absolute Gasteiger partial charge is 0.382 e. The Kier molecular flexibility index (Phi) is 1.91. The van der Waals surface area contributed by atoms with Crippen molar-refractivity contribution >= 4 is 17.0 Å². The van der Waals surface area contributed by atoms with Gasteiger partial charge in [-0.25, -0.2) is 8.60 Å². The average Bonchev–Trinajstić information content (AvgIpc) is 2.02. The van der Waals surface area contributed by atoms with Crippen molar-refractivity contribution in [2.75, 3.05) is 0 Å². The van der Waals surface area contributed by atoms with Gasteiger partial charge in [0.2, 0.25) is 11.2 Å². The number of nitrogens with one attached hydrogen (secondary N) is 1. The molecule has 13 heavy (non-hydrogen) atoms. The zero-order chi connectivity index (χ0) is 9.42. The molecule has 2 rings (SSSR count). The summed E-state index contributed by atoms with van der Waals surface area (Å²) in [6, 6.07) is 0. The van der Waals surface area contributed by atoms with E-state index >= 15 is 0 Å². The number of hydrogen-bond acceptors (Lipinski definition) is 2. The average molecular weight is 201 g/mol. The highest BCUT2D eigenvalue weighted by Crippen LogP contribution is 2.27. The number of fused-ring (bicyclic) bond motifs is 1. The molecule has 1 aliphatic carbocycles. The number of nitrogens with two attached hydrogens (primary N) is 1. The summed E-state index contributed by atoms with van der Waals surface area (Å²) in [7, 11) is 0. The number of halogens is 1. The second-order valence-electron chi connectivity index (χ2n) is 2.76. The zero-order valence-electron chi connectivity index (χ0n) is 6.71. The van der Waals surface area contributed by atoms with Crippen LogP contribution < -0.4 is 10.5 Å². The van der Waals surface area contributed by atoms with E-state index in [1.165, 1.54) is 0 Å². The van der Waals surface area contributed by atoms with Crippen LogP contribution in [0.3, 0.4) is 0 Å². The summed E-state index contributed by atoms with van der Waals surface area (Å²) in [5.74, 6) is -0.275. The summed E-state index contributed by atoms with van der Waals surface area (Å²) in [6.07, 6.45) is 2.71. The maximum Gasteiger partial charge on any atom is 0.244 e. The highest BCUT2D eigenvalue weighted by Gasteiger charge is 2.24. The summed E-state index contributed by atoms with van der Waals surface area (Å²) in [5, 5.41) is 0. The van der Waals surface area contributed by atoms with Gasteiger partial charge in [0.25, 0.3) is 0 Å². The lowest BCUT2D eigenvalue weighted by Crippen LogP contribution is -2.32. The molecule has 1 atom stereocenters. The molecule has 3 N–H and O–H groups in total. The van der Waals surface area contributed by atoms with E-state index < -0.39 is 11.2 Å². The Balaban J connectivity index is 2.53. The highest BCUT2D eigenvalue weighted by atomic mass is 32.2. The Morgan fingerprint density at radius 2 is 2.46 bits per heavy atom. The van der Waals surface area contributed by atoms with Crippen molar-refractivity contribution in [2.24, 2.45) is 10.1 Å². The van der Waals surface area contributed by atoms with E-state index in [1.807, 2.05) is 0 Å². The van der Waals surface area contributed by atoms with E-state index in [1.54, 1.807) is 6.08 Å². The van der Waals surface area contributed by atoms with Crippen LogP contribution in [0.15, 0.2) is 27.6 Å². The van der Waals surface area contributed by atoms with E-state index in [0.29, 0.717) is 18.5 Å². The molecule has 70 valence electrons. The Bertz CT molecular complexity index is 372. The van der Waals surface area contributed by atoms with Gasteiger partial charge in [-0.1, -0.05) is 6.08 Å². The molecule has 0 radical (unpaired) electrons. The van der Waals surface area contributed by atoms with Crippen LogP contribution in [0.2, 0.25) is 0 Å². The van der Waals surface area contributed by atoms with Crippen LogP contribution in [0.5, 0.6) is 0 Å². The third-order valence-electron chi connectivity index (χ3n) is 1.89. The number of hydrogen-bond donors (Lipinski definition) is 2. The Labute approximate surface area is 77.1 Å². The molecule has 0 amide bonds. The molecule has 0 saturated carbocycles. The molecular formula is C7H8FN3OS. The lowest BCUT2D eigenvalue weighted by Gasteiger charge is -2.20. The Morgan fingerprint density at radius 3 is 3.23 bits per heavy atom. The van der Waals surface area contributed by atoms with Crippen LogP contribution in [-0.4, -0.2) is 10.0 Å². The van der Waals surface area contributed by atoms with Gasteiger partial charge in [0.15, 0.2) is 0 Å². The van der Waals surface area contributed by atoms with Crippen molar-refractivity contribution in [3.05, 3.63) is 23.2 Å². The Hall–Kier alpha value is -1.17. The molecule has 1 heterocycles. The fraction of sp³-hybridized carbons (Fsp3) is 0.286. The van der Waals surface area contributed by atoms with Crippen molar-refractivity contribution in [3.8, 4) is 0 Å². The van der Waals surface area contributed by atoms with Gasteiger partial charge in [-0.2, -0.15) is 4.40 Å². The first-order chi connectivity index (χ1) is 6.18. The van der Waals surface area contributed by atoms with Crippen molar-refractivity contribution in [3.63, 3.8) is 0 Å². The molecule has 4 nitrogen and oxygen atoms in total. The van der Waals surface area contributed by atoms with Crippen molar-refractivity contribution in [1.29, 1.82) is 0 Å². The molecule has 0 saturated heterocycles. The standard InChI is InChI=1S/C7H8FN3OS/c8-4-2-1-3-5-6(4)7(9)11-13(12)10-5/h3,10H,1-2H2,(H2,9,11). The second kappa shape index (κ2) is 2.95. The fourth-order valence-electron chi connectivity index (χ4n) is 1.34. The van der Waals surface area contributed by atoms with E-state index in [2.05, 4.69) is 9.12 Å². The van der Waals surface area contributed by atoms with Crippen molar-refractivity contribution in [2.45, 2.75) is 12.8 Å². The molecule has 2 aliphatic rings. The third kappa shape index (κ3) is 1.37. The summed E-state index contributed by atoms with van der Waals surface area (Å²) in [4.78, 5) is 0. The summed E-state index contributed by atoms with van der Waals surface area (Å²) in [5.41, 5.74) is 6.21. The molecule has 0 aromatic rings. The smallest absolute Gasteiger partial charge is 0.244 e. The van der Waals surface area contributed by atoms with Gasteiger partial charge < -0.3 is 5.73 Å². The van der Waals surface area contributed by atoms with Crippen LogP contribution in [0.1, 0.15) is 12.8 Å². The van der Waals surface area contributed by atoms with Crippen LogP contribution in [0.4, 0.5) is 4.39 Å². The molecule has 1 aliphatic heterocycles. The van der Waals surface area contributed by atoms with Gasteiger partial charge in [-0.15, -0.1) is 0 Å². The van der Waals surface area contributed by atoms with E-state index in [-0.39, 0.29) is 17.2 Å². The van der Waals surface area contributed by atoms with Gasteiger partial charge in [0.05, 0.1) is 11.3 Å².